The van der Waals surface area contributed by atoms with Crippen LogP contribution in [0.4, 0.5) is 18.9 Å². The molecule has 0 saturated carbocycles. The normalized spacial score (nSPS) is 11.0. The lowest BCUT2D eigenvalue weighted by atomic mass is 10.1. The molecule has 0 atom stereocenters. The minimum atomic E-state index is -0.848. The second-order valence-electron chi connectivity index (χ2n) is 4.66. The summed E-state index contributed by atoms with van der Waals surface area (Å²) in [6, 6.07) is 5.87. The highest BCUT2D eigenvalue weighted by Crippen LogP contribution is 2.18. The summed E-state index contributed by atoms with van der Waals surface area (Å²) < 4.78 is 40.5. The Kier molecular flexibility index (Phi) is 5.44. The first-order valence-electron chi connectivity index (χ1n) is 6.51. The maximum atomic E-state index is 13.6. The van der Waals surface area contributed by atoms with Crippen molar-refractivity contribution < 1.29 is 18.0 Å². The summed E-state index contributed by atoms with van der Waals surface area (Å²) in [5.41, 5.74) is 5.46. The number of ketones is 1. The van der Waals surface area contributed by atoms with Crippen LogP contribution in [0.3, 0.4) is 0 Å². The molecule has 2 aromatic carbocycles. The molecule has 0 aliphatic rings. The minimum absolute atomic E-state index is 0.0209. The van der Waals surface area contributed by atoms with Gasteiger partial charge in [-0.2, -0.15) is 0 Å². The Labute approximate surface area is 139 Å². The van der Waals surface area contributed by atoms with Crippen molar-refractivity contribution in [1.82, 2.24) is 5.32 Å². The Hall–Kier alpha value is -2.28. The van der Waals surface area contributed by atoms with E-state index in [0.29, 0.717) is 10.5 Å². The van der Waals surface area contributed by atoms with Gasteiger partial charge >= 0.3 is 0 Å². The van der Waals surface area contributed by atoms with Crippen molar-refractivity contribution in [3.8, 4) is 0 Å². The van der Waals surface area contributed by atoms with Crippen molar-refractivity contribution in [2.24, 2.45) is 0 Å². The molecule has 0 spiro atoms. The highest BCUT2D eigenvalue weighted by Gasteiger charge is 2.09. The molecule has 7 heteroatoms. The van der Waals surface area contributed by atoms with Gasteiger partial charge in [0.05, 0.1) is 11.3 Å². The number of hydrogen-bond donors (Lipinski definition) is 2. The van der Waals surface area contributed by atoms with E-state index in [1.807, 2.05) is 0 Å². The monoisotopic (exact) mass is 384 g/mol. The van der Waals surface area contributed by atoms with Gasteiger partial charge in [-0.1, -0.05) is 15.9 Å². The molecule has 0 aromatic heterocycles. The van der Waals surface area contributed by atoms with Gasteiger partial charge in [-0.25, -0.2) is 13.2 Å². The van der Waals surface area contributed by atoms with Crippen LogP contribution in [0.2, 0.25) is 0 Å². The fraction of sp³-hybridized carbons (Fsp3) is 0.0625. The largest absolute Gasteiger partial charge is 0.396 e. The first-order chi connectivity index (χ1) is 10.9. The van der Waals surface area contributed by atoms with Crippen molar-refractivity contribution in [2.75, 3.05) is 5.73 Å². The molecule has 0 bridgehead atoms. The number of allylic oxidation sites excluding steroid dienone is 1. The fourth-order valence-corrected chi connectivity index (χ4v) is 2.20. The van der Waals surface area contributed by atoms with Crippen LogP contribution in [0.15, 0.2) is 47.1 Å². The minimum Gasteiger partial charge on any atom is -0.396 e. The fourth-order valence-electron chi connectivity index (χ4n) is 1.87. The molecule has 0 saturated heterocycles. The van der Waals surface area contributed by atoms with Crippen LogP contribution in [0.5, 0.6) is 0 Å². The van der Waals surface area contributed by atoms with E-state index in [-0.39, 0.29) is 23.4 Å². The molecule has 0 amide bonds. The van der Waals surface area contributed by atoms with Crippen molar-refractivity contribution >= 4 is 27.4 Å². The number of nitrogens with two attached hydrogens (primary N) is 1. The molecule has 3 N–H and O–H groups in total. The number of rotatable bonds is 5. The quantitative estimate of drug-likeness (QED) is 0.466. The number of nitrogens with one attached hydrogen (secondary N) is 1. The summed E-state index contributed by atoms with van der Waals surface area (Å²) >= 11 is 3.10. The van der Waals surface area contributed by atoms with Gasteiger partial charge in [0.2, 0.25) is 0 Å². The summed E-state index contributed by atoms with van der Waals surface area (Å²) in [4.78, 5) is 11.8. The zero-order valence-corrected chi connectivity index (χ0v) is 13.3. The zero-order chi connectivity index (χ0) is 17.0. The Balaban J connectivity index is 2.01. The van der Waals surface area contributed by atoms with Gasteiger partial charge in [-0.05, 0) is 29.8 Å². The number of carbonyl (C=O) groups is 1. The van der Waals surface area contributed by atoms with E-state index in [0.717, 1.165) is 12.1 Å². The number of nitrogen functional groups attached to an aromatic ring is 1. The second-order valence-corrected chi connectivity index (χ2v) is 5.58. The Morgan fingerprint density at radius 3 is 2.61 bits per heavy atom. The molecule has 0 unspecified atom stereocenters. The van der Waals surface area contributed by atoms with Crippen molar-refractivity contribution in [3.05, 3.63) is 75.7 Å². The third kappa shape index (κ3) is 4.35. The van der Waals surface area contributed by atoms with Gasteiger partial charge in [0.1, 0.15) is 17.5 Å². The van der Waals surface area contributed by atoms with Crippen LogP contribution >= 0.6 is 15.9 Å². The summed E-state index contributed by atoms with van der Waals surface area (Å²) in [7, 11) is 0. The van der Waals surface area contributed by atoms with Gasteiger partial charge in [-0.15, -0.1) is 0 Å². The number of halogens is 4. The van der Waals surface area contributed by atoms with E-state index < -0.39 is 23.2 Å². The molecule has 0 fully saturated rings. The average Bonchev–Trinajstić information content (AvgIpc) is 2.48. The van der Waals surface area contributed by atoms with E-state index in [9.17, 15) is 18.0 Å². The Bertz CT molecular complexity index is 778. The van der Waals surface area contributed by atoms with E-state index in [1.54, 1.807) is 6.07 Å². The van der Waals surface area contributed by atoms with E-state index in [4.69, 9.17) is 5.73 Å². The summed E-state index contributed by atoms with van der Waals surface area (Å²) in [5.74, 6) is -2.78. The van der Waals surface area contributed by atoms with Gasteiger partial charge in [0.15, 0.2) is 5.78 Å². The first kappa shape index (κ1) is 17.1. The number of carbonyl (C=O) groups excluding carboxylic acids is 1. The van der Waals surface area contributed by atoms with Crippen LogP contribution < -0.4 is 11.1 Å². The van der Waals surface area contributed by atoms with Gasteiger partial charge in [0, 0.05) is 29.4 Å². The lowest BCUT2D eigenvalue weighted by Gasteiger charge is -2.07. The van der Waals surface area contributed by atoms with Crippen LogP contribution in [0, 0.1) is 17.5 Å². The van der Waals surface area contributed by atoms with E-state index in [1.165, 1.54) is 18.3 Å². The molecule has 0 heterocycles. The van der Waals surface area contributed by atoms with Crippen LogP contribution in [0.25, 0.3) is 0 Å². The van der Waals surface area contributed by atoms with Gasteiger partial charge in [-0.3, -0.25) is 4.79 Å². The third-order valence-corrected chi connectivity index (χ3v) is 3.51. The molecule has 2 rings (SSSR count). The molecule has 120 valence electrons. The molecule has 23 heavy (non-hydrogen) atoms. The summed E-state index contributed by atoms with van der Waals surface area (Å²) in [6.45, 7) is 0.0209. The molecule has 2 aromatic rings. The lowest BCUT2D eigenvalue weighted by Crippen LogP contribution is -2.10. The van der Waals surface area contributed by atoms with Crippen molar-refractivity contribution in [1.29, 1.82) is 0 Å². The highest BCUT2D eigenvalue weighted by atomic mass is 79.9. The van der Waals surface area contributed by atoms with Gasteiger partial charge in [0.25, 0.3) is 0 Å². The average molecular weight is 385 g/mol. The Morgan fingerprint density at radius 2 is 1.91 bits per heavy atom. The van der Waals surface area contributed by atoms with Crippen LogP contribution in [0.1, 0.15) is 15.9 Å². The van der Waals surface area contributed by atoms with Crippen molar-refractivity contribution in [3.63, 3.8) is 0 Å². The number of hydrogen-bond acceptors (Lipinski definition) is 3. The zero-order valence-electron chi connectivity index (χ0n) is 11.7. The molecular formula is C16H12BrF3N2O. The highest BCUT2D eigenvalue weighted by molar-refractivity contribution is 9.10. The molecule has 0 aliphatic heterocycles. The topological polar surface area (TPSA) is 55.1 Å². The van der Waals surface area contributed by atoms with Crippen LogP contribution in [-0.2, 0) is 6.54 Å². The molecular weight excluding hydrogens is 373 g/mol. The van der Waals surface area contributed by atoms with Crippen LogP contribution in [-0.4, -0.2) is 5.78 Å². The van der Waals surface area contributed by atoms with E-state index >= 15 is 0 Å². The maximum Gasteiger partial charge on any atom is 0.190 e. The smallest absolute Gasteiger partial charge is 0.190 e. The van der Waals surface area contributed by atoms with Crippen molar-refractivity contribution in [2.45, 2.75) is 6.54 Å². The SMILES string of the molecule is Nc1c(F)cc(F)cc1CNC=CC(=O)c1ccc(Br)cc1F. The first-order valence-corrected chi connectivity index (χ1v) is 7.30. The molecule has 0 radical (unpaired) electrons. The van der Waals surface area contributed by atoms with Gasteiger partial charge < -0.3 is 11.1 Å². The predicted octanol–water partition coefficient (Wildman–Crippen LogP) is 3.93. The number of benzene rings is 2. The summed E-state index contributed by atoms with van der Waals surface area (Å²) in [5, 5.41) is 2.68. The Morgan fingerprint density at radius 1 is 1.17 bits per heavy atom. The molecule has 3 nitrogen and oxygen atoms in total. The predicted molar refractivity (Wildman–Crippen MR) is 85.2 cm³/mol. The second kappa shape index (κ2) is 7.32. The van der Waals surface area contributed by atoms with E-state index in [2.05, 4.69) is 21.2 Å². The summed E-state index contributed by atoms with van der Waals surface area (Å²) in [6.07, 6.45) is 2.39. The maximum absolute atomic E-state index is 13.6. The lowest BCUT2D eigenvalue weighted by molar-refractivity contribution is 0.104. The standard InChI is InChI=1S/C16H12BrF3N2O/c17-10-1-2-12(13(19)6-10)15(23)3-4-22-8-9-5-11(18)7-14(20)16(9)21/h1-7,22H,8,21H2. The number of anilines is 1. The molecule has 0 aliphatic carbocycles. The third-order valence-electron chi connectivity index (χ3n) is 3.02.